The number of furan rings is 1. The van der Waals surface area contributed by atoms with Crippen LogP contribution in [0.4, 0.5) is 0 Å². The summed E-state index contributed by atoms with van der Waals surface area (Å²) in [7, 11) is 3.05. The molecule has 1 heterocycles. The van der Waals surface area contributed by atoms with Gasteiger partial charge in [-0.25, -0.2) is 4.79 Å². The van der Waals surface area contributed by atoms with E-state index in [2.05, 4.69) is 5.32 Å². The van der Waals surface area contributed by atoms with Gasteiger partial charge in [0, 0.05) is 29.8 Å². The third-order valence-electron chi connectivity index (χ3n) is 4.64. The molecule has 0 bridgehead atoms. The van der Waals surface area contributed by atoms with E-state index in [-0.39, 0.29) is 23.4 Å². The summed E-state index contributed by atoms with van der Waals surface area (Å²) in [6.07, 6.45) is 1.30. The predicted octanol–water partition coefficient (Wildman–Crippen LogP) is 3.89. The summed E-state index contributed by atoms with van der Waals surface area (Å²) in [5, 5.41) is 21.4. The van der Waals surface area contributed by atoms with E-state index in [4.69, 9.17) is 13.9 Å². The van der Waals surface area contributed by atoms with Crippen LogP contribution in [0.25, 0.3) is 17.4 Å². The van der Waals surface area contributed by atoms with E-state index in [0.29, 0.717) is 28.4 Å². The Kier molecular flexibility index (Phi) is 6.93. The van der Waals surface area contributed by atoms with Crippen LogP contribution in [-0.2, 0) is 11.3 Å². The van der Waals surface area contributed by atoms with Crippen LogP contribution in [0.2, 0.25) is 0 Å². The van der Waals surface area contributed by atoms with Gasteiger partial charge in [-0.3, -0.25) is 4.79 Å². The SMILES string of the molecule is COc1ccc(CNC(=O)/C(C#N)=C/c2ccc(-c3ccccc3C(=O)O)o2)c(OC)c1. The first kappa shape index (κ1) is 22.2. The number of carbonyl (C=O) groups is 2. The van der Waals surface area contributed by atoms with Crippen molar-refractivity contribution in [2.75, 3.05) is 14.2 Å². The van der Waals surface area contributed by atoms with Crippen molar-refractivity contribution in [1.29, 1.82) is 5.26 Å². The maximum atomic E-state index is 12.5. The van der Waals surface area contributed by atoms with Crippen molar-refractivity contribution in [3.05, 3.63) is 77.1 Å². The maximum absolute atomic E-state index is 12.5. The van der Waals surface area contributed by atoms with E-state index in [9.17, 15) is 20.0 Å². The zero-order chi connectivity index (χ0) is 23.1. The van der Waals surface area contributed by atoms with Gasteiger partial charge in [0.2, 0.25) is 0 Å². The number of ether oxygens (including phenoxy) is 2. The summed E-state index contributed by atoms with van der Waals surface area (Å²) in [5.74, 6) is 0.0470. The van der Waals surface area contributed by atoms with Crippen LogP contribution < -0.4 is 14.8 Å². The molecule has 8 nitrogen and oxygen atoms in total. The number of hydrogen-bond acceptors (Lipinski definition) is 6. The van der Waals surface area contributed by atoms with Crippen molar-refractivity contribution in [1.82, 2.24) is 5.32 Å². The highest BCUT2D eigenvalue weighted by molar-refractivity contribution is 6.01. The molecule has 0 aliphatic carbocycles. The van der Waals surface area contributed by atoms with Crippen LogP contribution in [0.15, 0.2) is 64.6 Å². The average Bonchev–Trinajstić information content (AvgIpc) is 3.29. The van der Waals surface area contributed by atoms with E-state index < -0.39 is 11.9 Å². The molecule has 0 fully saturated rings. The number of nitriles is 1. The van der Waals surface area contributed by atoms with Gasteiger partial charge in [0.25, 0.3) is 5.91 Å². The number of hydrogen-bond donors (Lipinski definition) is 2. The Hall–Kier alpha value is -4.51. The van der Waals surface area contributed by atoms with Crippen molar-refractivity contribution in [2.24, 2.45) is 0 Å². The zero-order valence-corrected chi connectivity index (χ0v) is 17.4. The third kappa shape index (κ3) is 4.96. The number of aromatic carboxylic acids is 1. The molecule has 0 saturated heterocycles. The third-order valence-corrected chi connectivity index (χ3v) is 4.64. The van der Waals surface area contributed by atoms with Gasteiger partial charge in [-0.15, -0.1) is 0 Å². The lowest BCUT2D eigenvalue weighted by Gasteiger charge is -2.11. The van der Waals surface area contributed by atoms with Gasteiger partial charge in [-0.05, 0) is 30.3 Å². The number of carbonyl (C=O) groups excluding carboxylic acids is 1. The van der Waals surface area contributed by atoms with Gasteiger partial charge in [-0.1, -0.05) is 18.2 Å². The lowest BCUT2D eigenvalue weighted by Crippen LogP contribution is -2.24. The normalized spacial score (nSPS) is 10.8. The van der Waals surface area contributed by atoms with Gasteiger partial charge in [-0.2, -0.15) is 5.26 Å². The number of rotatable bonds is 8. The number of methoxy groups -OCH3 is 2. The molecule has 2 aromatic carbocycles. The Morgan fingerprint density at radius 2 is 1.91 bits per heavy atom. The maximum Gasteiger partial charge on any atom is 0.336 e. The summed E-state index contributed by atoms with van der Waals surface area (Å²) < 4.78 is 16.1. The summed E-state index contributed by atoms with van der Waals surface area (Å²) in [6.45, 7) is 0.139. The first-order valence-electron chi connectivity index (χ1n) is 9.50. The summed E-state index contributed by atoms with van der Waals surface area (Å²) in [6, 6.07) is 16.6. The minimum absolute atomic E-state index is 0.0871. The van der Waals surface area contributed by atoms with Crippen molar-refractivity contribution >= 4 is 18.0 Å². The Balaban J connectivity index is 1.77. The summed E-state index contributed by atoms with van der Waals surface area (Å²) in [4.78, 5) is 23.9. The van der Waals surface area contributed by atoms with Crippen LogP contribution >= 0.6 is 0 Å². The second-order valence-electron chi connectivity index (χ2n) is 6.58. The first-order valence-corrected chi connectivity index (χ1v) is 9.50. The molecule has 3 aromatic rings. The van der Waals surface area contributed by atoms with Gasteiger partial charge in [0.1, 0.15) is 34.7 Å². The number of carboxylic acids is 1. The van der Waals surface area contributed by atoms with E-state index >= 15 is 0 Å². The number of nitrogens with one attached hydrogen (secondary N) is 1. The minimum atomic E-state index is -1.08. The molecule has 0 unspecified atom stereocenters. The molecule has 0 saturated carbocycles. The Morgan fingerprint density at radius 1 is 1.12 bits per heavy atom. The number of carboxylic acid groups (broad SMARTS) is 1. The van der Waals surface area contributed by atoms with E-state index in [1.807, 2.05) is 6.07 Å². The van der Waals surface area contributed by atoms with Crippen molar-refractivity contribution in [3.63, 3.8) is 0 Å². The topological polar surface area (TPSA) is 122 Å². The highest BCUT2D eigenvalue weighted by atomic mass is 16.5. The van der Waals surface area contributed by atoms with Gasteiger partial charge < -0.3 is 24.3 Å². The van der Waals surface area contributed by atoms with Crippen molar-refractivity contribution in [3.8, 4) is 28.9 Å². The largest absolute Gasteiger partial charge is 0.497 e. The molecule has 32 heavy (non-hydrogen) atoms. The zero-order valence-electron chi connectivity index (χ0n) is 17.4. The molecular weight excluding hydrogens is 412 g/mol. The highest BCUT2D eigenvalue weighted by Gasteiger charge is 2.15. The van der Waals surface area contributed by atoms with E-state index in [1.54, 1.807) is 55.6 Å². The van der Waals surface area contributed by atoms with Gasteiger partial charge >= 0.3 is 5.97 Å². The second-order valence-corrected chi connectivity index (χ2v) is 6.58. The molecule has 8 heteroatoms. The van der Waals surface area contributed by atoms with Crippen LogP contribution in [0.1, 0.15) is 21.7 Å². The van der Waals surface area contributed by atoms with Crippen LogP contribution in [-0.4, -0.2) is 31.2 Å². The van der Waals surface area contributed by atoms with Gasteiger partial charge in [0.05, 0.1) is 19.8 Å². The van der Waals surface area contributed by atoms with Gasteiger partial charge in [0.15, 0.2) is 0 Å². The van der Waals surface area contributed by atoms with Crippen molar-refractivity contribution in [2.45, 2.75) is 6.54 Å². The predicted molar refractivity (Wildman–Crippen MR) is 116 cm³/mol. The minimum Gasteiger partial charge on any atom is -0.497 e. The molecule has 0 spiro atoms. The number of amides is 1. The first-order chi connectivity index (χ1) is 15.5. The fourth-order valence-electron chi connectivity index (χ4n) is 3.02. The molecular formula is C24H20N2O6. The summed E-state index contributed by atoms with van der Waals surface area (Å²) in [5.41, 5.74) is 1.03. The standard InChI is InChI=1S/C24H20N2O6/c1-30-17-8-7-15(22(12-17)31-2)14-26-23(27)16(13-25)11-18-9-10-21(32-18)19-5-3-4-6-20(19)24(28)29/h3-12H,14H2,1-2H3,(H,26,27)(H,28,29)/b16-11+. The quantitative estimate of drug-likeness (QED) is 0.409. The Morgan fingerprint density at radius 3 is 2.59 bits per heavy atom. The highest BCUT2D eigenvalue weighted by Crippen LogP contribution is 2.27. The number of benzene rings is 2. The lowest BCUT2D eigenvalue weighted by molar-refractivity contribution is -0.117. The number of nitrogens with zero attached hydrogens (tertiary/aromatic N) is 1. The Bertz CT molecular complexity index is 1220. The monoisotopic (exact) mass is 432 g/mol. The molecule has 0 atom stereocenters. The average molecular weight is 432 g/mol. The second kappa shape index (κ2) is 10.00. The van der Waals surface area contributed by atoms with Crippen LogP contribution in [0.5, 0.6) is 11.5 Å². The lowest BCUT2D eigenvalue weighted by atomic mass is 10.1. The molecule has 0 aliphatic rings. The molecule has 0 aliphatic heterocycles. The summed E-state index contributed by atoms with van der Waals surface area (Å²) >= 11 is 0. The molecule has 162 valence electrons. The van der Waals surface area contributed by atoms with Crippen LogP contribution in [0.3, 0.4) is 0 Å². The molecule has 2 N–H and O–H groups in total. The van der Waals surface area contributed by atoms with E-state index in [0.717, 1.165) is 0 Å². The molecule has 1 amide bonds. The Labute approximate surface area is 184 Å². The van der Waals surface area contributed by atoms with E-state index in [1.165, 1.54) is 19.3 Å². The smallest absolute Gasteiger partial charge is 0.336 e. The molecule has 3 rings (SSSR count). The fourth-order valence-corrected chi connectivity index (χ4v) is 3.02. The molecule has 1 aromatic heterocycles. The fraction of sp³-hybridized carbons (Fsp3) is 0.125. The van der Waals surface area contributed by atoms with Crippen molar-refractivity contribution < 1.29 is 28.6 Å². The van der Waals surface area contributed by atoms with Crippen LogP contribution in [0, 0.1) is 11.3 Å². The molecule has 0 radical (unpaired) electrons.